The van der Waals surface area contributed by atoms with Gasteiger partial charge in [0.1, 0.15) is 18.5 Å². The molecule has 0 saturated carbocycles. The molecule has 1 saturated heterocycles. The average molecular weight is 418 g/mol. The summed E-state index contributed by atoms with van der Waals surface area (Å²) in [6.07, 6.45) is -1.51. The van der Waals surface area contributed by atoms with Crippen LogP contribution in [0.3, 0.4) is 0 Å². The number of benzene rings is 3. The van der Waals surface area contributed by atoms with Crippen molar-refractivity contribution in [1.82, 2.24) is 0 Å². The molecular formula is C23H18F4O3. The predicted octanol–water partition coefficient (Wildman–Crippen LogP) is 5.61. The maximum absolute atomic E-state index is 14.4. The van der Waals surface area contributed by atoms with E-state index in [1.807, 2.05) is 0 Å². The first-order chi connectivity index (χ1) is 14.4. The standard InChI is InChI=1S/C23H18F4O3/c1-12(28)16-7-4-14(20(24)21(16)25)10-29-15-5-2-13(3-6-15)17-8-9-18(19-11-30-19)23(27)22(17)26/h2-9,12,19,28H,10-11H2,1H3. The van der Waals surface area contributed by atoms with Gasteiger partial charge in [-0.15, -0.1) is 0 Å². The molecule has 2 atom stereocenters. The van der Waals surface area contributed by atoms with Gasteiger partial charge in [0, 0.05) is 22.3 Å². The number of rotatable bonds is 6. The second kappa shape index (κ2) is 8.08. The highest BCUT2D eigenvalue weighted by molar-refractivity contribution is 5.65. The summed E-state index contributed by atoms with van der Waals surface area (Å²) in [5.41, 5.74) is 0.610. The van der Waals surface area contributed by atoms with E-state index in [1.165, 1.54) is 43.3 Å². The fourth-order valence-electron chi connectivity index (χ4n) is 3.19. The number of aliphatic hydroxyl groups excluding tert-OH is 1. The Morgan fingerprint density at radius 1 is 0.933 bits per heavy atom. The van der Waals surface area contributed by atoms with Gasteiger partial charge in [0.2, 0.25) is 0 Å². The molecule has 1 fully saturated rings. The third kappa shape index (κ3) is 3.91. The fourth-order valence-corrected chi connectivity index (χ4v) is 3.19. The van der Waals surface area contributed by atoms with Gasteiger partial charge in [0.05, 0.1) is 12.7 Å². The highest BCUT2D eigenvalue weighted by atomic mass is 19.2. The Morgan fingerprint density at radius 3 is 2.27 bits per heavy atom. The first-order valence-corrected chi connectivity index (χ1v) is 9.34. The second-order valence-corrected chi connectivity index (χ2v) is 7.08. The quantitative estimate of drug-likeness (QED) is 0.418. The summed E-state index contributed by atoms with van der Waals surface area (Å²) in [7, 11) is 0. The molecule has 1 aliphatic heterocycles. The first-order valence-electron chi connectivity index (χ1n) is 9.34. The van der Waals surface area contributed by atoms with Crippen LogP contribution in [0.15, 0.2) is 48.5 Å². The Balaban J connectivity index is 1.49. The van der Waals surface area contributed by atoms with E-state index in [0.29, 0.717) is 17.9 Å². The van der Waals surface area contributed by atoms with Crippen LogP contribution in [0.2, 0.25) is 0 Å². The van der Waals surface area contributed by atoms with Crippen LogP contribution < -0.4 is 4.74 Å². The van der Waals surface area contributed by atoms with E-state index < -0.39 is 29.4 Å². The maximum Gasteiger partial charge on any atom is 0.167 e. The van der Waals surface area contributed by atoms with Gasteiger partial charge in [-0.05, 0) is 24.6 Å². The van der Waals surface area contributed by atoms with Crippen molar-refractivity contribution in [3.63, 3.8) is 0 Å². The van der Waals surface area contributed by atoms with Gasteiger partial charge in [0.15, 0.2) is 23.3 Å². The van der Waals surface area contributed by atoms with Crippen molar-refractivity contribution in [2.75, 3.05) is 6.61 Å². The molecular weight excluding hydrogens is 400 g/mol. The highest BCUT2D eigenvalue weighted by Crippen LogP contribution is 2.36. The van der Waals surface area contributed by atoms with E-state index in [2.05, 4.69) is 0 Å². The number of halogens is 4. The molecule has 0 aromatic heterocycles. The van der Waals surface area contributed by atoms with Crippen LogP contribution in [0, 0.1) is 23.3 Å². The Morgan fingerprint density at radius 2 is 1.63 bits per heavy atom. The van der Waals surface area contributed by atoms with Gasteiger partial charge >= 0.3 is 0 Å². The zero-order chi connectivity index (χ0) is 21.4. The normalized spacial score (nSPS) is 16.4. The third-order valence-corrected chi connectivity index (χ3v) is 4.99. The molecule has 1 heterocycles. The van der Waals surface area contributed by atoms with E-state index in [-0.39, 0.29) is 35.0 Å². The van der Waals surface area contributed by atoms with E-state index in [4.69, 9.17) is 9.47 Å². The minimum Gasteiger partial charge on any atom is -0.489 e. The van der Waals surface area contributed by atoms with E-state index in [1.54, 1.807) is 12.1 Å². The maximum atomic E-state index is 14.4. The minimum atomic E-state index is -1.13. The van der Waals surface area contributed by atoms with Gasteiger partial charge in [-0.2, -0.15) is 0 Å². The van der Waals surface area contributed by atoms with Crippen LogP contribution >= 0.6 is 0 Å². The van der Waals surface area contributed by atoms with Crippen LogP contribution in [-0.4, -0.2) is 11.7 Å². The smallest absolute Gasteiger partial charge is 0.167 e. The van der Waals surface area contributed by atoms with Gasteiger partial charge in [-0.25, -0.2) is 17.6 Å². The topological polar surface area (TPSA) is 42.0 Å². The number of epoxide rings is 1. The van der Waals surface area contributed by atoms with Crippen molar-refractivity contribution < 1.29 is 32.1 Å². The molecule has 0 aliphatic carbocycles. The summed E-state index contributed by atoms with van der Waals surface area (Å²) >= 11 is 0. The van der Waals surface area contributed by atoms with Crippen LogP contribution in [0.25, 0.3) is 11.1 Å². The van der Waals surface area contributed by atoms with Crippen LogP contribution in [-0.2, 0) is 11.3 Å². The lowest BCUT2D eigenvalue weighted by molar-refractivity contribution is 0.192. The molecule has 0 bridgehead atoms. The molecule has 30 heavy (non-hydrogen) atoms. The molecule has 3 aromatic carbocycles. The van der Waals surface area contributed by atoms with E-state index >= 15 is 0 Å². The Hall–Kier alpha value is -2.90. The largest absolute Gasteiger partial charge is 0.489 e. The average Bonchev–Trinajstić information content (AvgIpc) is 3.56. The molecule has 156 valence electrons. The number of ether oxygens (including phenoxy) is 2. The molecule has 1 aliphatic rings. The molecule has 7 heteroatoms. The molecule has 4 rings (SSSR count). The molecule has 3 nitrogen and oxygen atoms in total. The Labute approximate surface area is 170 Å². The molecule has 3 aromatic rings. The fraction of sp³-hybridized carbons (Fsp3) is 0.217. The molecule has 0 spiro atoms. The van der Waals surface area contributed by atoms with Crippen LogP contribution in [0.5, 0.6) is 5.75 Å². The van der Waals surface area contributed by atoms with E-state index in [9.17, 15) is 22.7 Å². The number of hydrogen-bond acceptors (Lipinski definition) is 3. The SMILES string of the molecule is CC(O)c1ccc(COc2ccc(-c3ccc(C4CO4)c(F)c3F)cc2)c(F)c1F. The van der Waals surface area contributed by atoms with Crippen molar-refractivity contribution >= 4 is 0 Å². The van der Waals surface area contributed by atoms with Gasteiger partial charge < -0.3 is 14.6 Å². The van der Waals surface area contributed by atoms with Gasteiger partial charge in [0.25, 0.3) is 0 Å². The van der Waals surface area contributed by atoms with Gasteiger partial charge in [-0.1, -0.05) is 36.4 Å². The zero-order valence-electron chi connectivity index (χ0n) is 16.0. The summed E-state index contributed by atoms with van der Waals surface area (Å²) in [5.74, 6) is -3.72. The van der Waals surface area contributed by atoms with Crippen LogP contribution in [0.4, 0.5) is 17.6 Å². The molecule has 0 amide bonds. The lowest BCUT2D eigenvalue weighted by atomic mass is 10.0. The summed E-state index contributed by atoms with van der Waals surface area (Å²) < 4.78 is 67.2. The monoisotopic (exact) mass is 418 g/mol. The Bertz CT molecular complexity index is 1080. The summed E-state index contributed by atoms with van der Waals surface area (Å²) in [4.78, 5) is 0. The van der Waals surface area contributed by atoms with Crippen molar-refractivity contribution in [3.05, 3.63) is 88.5 Å². The predicted molar refractivity (Wildman–Crippen MR) is 102 cm³/mol. The van der Waals surface area contributed by atoms with Crippen LogP contribution in [0.1, 0.15) is 35.8 Å². The lowest BCUT2D eigenvalue weighted by Crippen LogP contribution is -2.05. The third-order valence-electron chi connectivity index (χ3n) is 4.99. The number of aliphatic hydroxyl groups is 1. The minimum absolute atomic E-state index is 0.00743. The first kappa shape index (κ1) is 20.4. The second-order valence-electron chi connectivity index (χ2n) is 7.08. The summed E-state index contributed by atoms with van der Waals surface area (Å²) in [6, 6.07) is 11.8. The van der Waals surface area contributed by atoms with Gasteiger partial charge in [-0.3, -0.25) is 0 Å². The zero-order valence-corrected chi connectivity index (χ0v) is 16.0. The molecule has 0 radical (unpaired) electrons. The molecule has 1 N–H and O–H groups in total. The highest BCUT2D eigenvalue weighted by Gasteiger charge is 2.30. The van der Waals surface area contributed by atoms with Crippen molar-refractivity contribution in [3.8, 4) is 16.9 Å². The Kier molecular flexibility index (Phi) is 5.49. The van der Waals surface area contributed by atoms with E-state index in [0.717, 1.165) is 0 Å². The summed E-state index contributed by atoms with van der Waals surface area (Å²) in [6.45, 7) is 1.49. The molecule has 2 unspecified atom stereocenters. The summed E-state index contributed by atoms with van der Waals surface area (Å²) in [5, 5.41) is 9.44. The number of hydrogen-bond donors (Lipinski definition) is 1. The van der Waals surface area contributed by atoms with Crippen molar-refractivity contribution in [2.24, 2.45) is 0 Å². The lowest BCUT2D eigenvalue weighted by Gasteiger charge is -2.12. The van der Waals surface area contributed by atoms with Crippen molar-refractivity contribution in [1.29, 1.82) is 0 Å². The van der Waals surface area contributed by atoms with Crippen molar-refractivity contribution in [2.45, 2.75) is 25.7 Å².